The summed E-state index contributed by atoms with van der Waals surface area (Å²) in [4.78, 5) is 62.4. The standard InChI is InChI=1S/C57H92F2N4O16/c1-15-42-57(10)49(63(24-25-71-12)54(70)79-57)33(4)45(65)31(2)27-56(9,73-14)51(34(5)48(35(6)52(69)76-42)77-44-28-55(8,72-13)50(68)36(7)75-44)78-53-47(67)41(26-32(3)74-53)61(11)22-21-43(64)60-40(29-58)46(66)37-16-18-39(19-17-37)62-23-20-38(59)30-62/h16-19,31-36,38,40-42,44,46-51,53,66-68H,15,20-30H2,1-14H3,(H,60,64)/t31-,32-,33+,34+,35-,36+,38+,40-,41+,42-,44?,46-,47-,48+,49?,50+,51-,53+,55?,56?,57?/m1/s1. The molecule has 4 N–H and O–H groups in total. The van der Waals surface area contributed by atoms with E-state index in [4.69, 9.17) is 42.6 Å². The molecule has 6 rings (SSSR count). The van der Waals surface area contributed by atoms with Crippen molar-refractivity contribution >= 4 is 29.4 Å². The largest absolute Gasteiger partial charge is 0.458 e. The van der Waals surface area contributed by atoms with E-state index in [9.17, 15) is 38.5 Å². The van der Waals surface area contributed by atoms with E-state index in [0.29, 0.717) is 24.9 Å². The Kier molecular flexibility index (Phi) is 22.2. The maximum atomic E-state index is 15.0. The number of nitrogens with one attached hydrogen (secondary N) is 1. The number of Topliss-reactive ketones (excluding diaryl/α,β-unsaturated/α-hetero) is 1. The number of ketones is 1. The summed E-state index contributed by atoms with van der Waals surface area (Å²) in [7, 11) is 6.21. The first kappa shape index (κ1) is 64.5. The summed E-state index contributed by atoms with van der Waals surface area (Å²) in [6.45, 7) is 17.7. The Morgan fingerprint density at radius 3 is 2.22 bits per heavy atom. The van der Waals surface area contributed by atoms with Gasteiger partial charge < -0.3 is 73.1 Å². The molecule has 0 saturated carbocycles. The molecule has 5 heterocycles. The van der Waals surface area contributed by atoms with Gasteiger partial charge in [0.1, 0.15) is 43.0 Å². The molecule has 1 aromatic carbocycles. The zero-order valence-corrected chi connectivity index (χ0v) is 48.9. The third kappa shape index (κ3) is 14.2. The van der Waals surface area contributed by atoms with E-state index in [1.807, 2.05) is 18.7 Å². The van der Waals surface area contributed by atoms with Crippen molar-refractivity contribution in [1.29, 1.82) is 0 Å². The first-order valence-electron chi connectivity index (χ1n) is 28.2. The number of alkyl halides is 2. The van der Waals surface area contributed by atoms with Crippen molar-refractivity contribution in [2.45, 2.75) is 210 Å². The number of halogens is 2. The van der Waals surface area contributed by atoms with Crippen molar-refractivity contribution in [3.05, 3.63) is 29.8 Å². The maximum Gasteiger partial charge on any atom is 0.411 e. The van der Waals surface area contributed by atoms with E-state index in [1.165, 1.54) is 26.2 Å². The molecule has 0 radical (unpaired) electrons. The average Bonchev–Trinajstić information content (AvgIpc) is 4.23. The number of esters is 1. The van der Waals surface area contributed by atoms with Crippen molar-refractivity contribution in [2.24, 2.45) is 23.7 Å². The summed E-state index contributed by atoms with van der Waals surface area (Å²) in [5.74, 6) is -5.00. The minimum absolute atomic E-state index is 0.0434. The number of cyclic esters (lactones) is 1. The molecular formula is C57H92F2N4O16. The fourth-order valence-electron chi connectivity index (χ4n) is 13.0. The third-order valence-electron chi connectivity index (χ3n) is 17.9. The maximum absolute atomic E-state index is 15.0. The lowest BCUT2D eigenvalue weighted by atomic mass is 9.73. The van der Waals surface area contributed by atoms with Crippen LogP contribution >= 0.6 is 0 Å². The number of hydrogen-bond acceptors (Lipinski definition) is 18. The van der Waals surface area contributed by atoms with Gasteiger partial charge >= 0.3 is 12.1 Å². The molecule has 2 amide bonds. The van der Waals surface area contributed by atoms with E-state index in [2.05, 4.69) is 5.32 Å². The van der Waals surface area contributed by atoms with Gasteiger partial charge in [-0.2, -0.15) is 0 Å². The van der Waals surface area contributed by atoms with Gasteiger partial charge in [-0.1, -0.05) is 39.8 Å². The van der Waals surface area contributed by atoms with E-state index >= 15 is 4.79 Å². The van der Waals surface area contributed by atoms with Crippen molar-refractivity contribution in [2.75, 3.05) is 72.7 Å². The second-order valence-electron chi connectivity index (χ2n) is 23.6. The monoisotopic (exact) mass is 1130 g/mol. The zero-order valence-electron chi connectivity index (χ0n) is 48.9. The molecule has 22 heteroatoms. The van der Waals surface area contributed by atoms with Crippen LogP contribution < -0.4 is 10.2 Å². The van der Waals surface area contributed by atoms with Crippen molar-refractivity contribution in [3.63, 3.8) is 0 Å². The molecular weight excluding hydrogens is 1030 g/mol. The predicted molar refractivity (Wildman–Crippen MR) is 286 cm³/mol. The average molecular weight is 1130 g/mol. The summed E-state index contributed by atoms with van der Waals surface area (Å²) in [5.41, 5.74) is -2.81. The van der Waals surface area contributed by atoms with Crippen LogP contribution in [0.1, 0.15) is 119 Å². The quantitative estimate of drug-likeness (QED) is 0.133. The molecule has 79 heavy (non-hydrogen) atoms. The molecule has 0 aromatic heterocycles. The molecule has 5 aliphatic heterocycles. The molecule has 5 aliphatic rings. The number of ether oxygens (including phenoxy) is 9. The molecule has 1 aromatic rings. The SMILES string of the molecule is CC[C@H]1OC(=O)[C@H](C)[C@@H](OC2CC(C)(OC)[C@@H](O)[C@H](C)O2)[C@H](C)[C@@H](O[C@@H]2O[C@H](C)C[C@H](N(C)CCC(=O)N[C@H](CF)[C@H](O)c3ccc(N4CC[C@H](F)C4)cc3)[C@H]2O)C(C)(OC)C[C@@H](C)C(=O)[C@H](C)C2N(CCOC)C(=O)OC21C. The number of fused-ring (bicyclic) bond motifs is 1. The lowest BCUT2D eigenvalue weighted by molar-refractivity contribution is -0.319. The first-order chi connectivity index (χ1) is 37.2. The summed E-state index contributed by atoms with van der Waals surface area (Å²) >= 11 is 0. The minimum Gasteiger partial charge on any atom is -0.458 e. The second kappa shape index (κ2) is 27.1. The number of benzene rings is 1. The van der Waals surface area contributed by atoms with Crippen molar-refractivity contribution in [3.8, 4) is 0 Å². The van der Waals surface area contributed by atoms with Gasteiger partial charge in [-0.05, 0) is 92.0 Å². The number of rotatable bonds is 19. The van der Waals surface area contributed by atoms with Gasteiger partial charge in [-0.3, -0.25) is 19.3 Å². The Morgan fingerprint density at radius 1 is 0.949 bits per heavy atom. The van der Waals surface area contributed by atoms with Crippen LogP contribution in [-0.2, 0) is 57.0 Å². The van der Waals surface area contributed by atoms with E-state index in [0.717, 1.165) is 5.69 Å². The van der Waals surface area contributed by atoms with Crippen molar-refractivity contribution in [1.82, 2.24) is 15.1 Å². The number of amides is 2. The molecule has 450 valence electrons. The van der Waals surface area contributed by atoms with Gasteiger partial charge in [0.25, 0.3) is 0 Å². The van der Waals surface area contributed by atoms with Crippen LogP contribution in [0.3, 0.4) is 0 Å². The first-order valence-corrected chi connectivity index (χ1v) is 28.2. The Labute approximate surface area is 465 Å². The van der Waals surface area contributed by atoms with Gasteiger partial charge in [0.05, 0.1) is 60.2 Å². The highest BCUT2D eigenvalue weighted by Crippen LogP contribution is 2.45. The number of carbonyl (C=O) groups is 4. The van der Waals surface area contributed by atoms with Crippen LogP contribution in [0.15, 0.2) is 24.3 Å². The van der Waals surface area contributed by atoms with E-state index < -0.39 is 151 Å². The van der Waals surface area contributed by atoms with Crippen molar-refractivity contribution < 1.29 is 85.9 Å². The highest BCUT2D eigenvalue weighted by molar-refractivity contribution is 5.85. The predicted octanol–water partition coefficient (Wildman–Crippen LogP) is 5.05. The Bertz CT molecular complexity index is 2190. The van der Waals surface area contributed by atoms with Gasteiger partial charge in [-0.25, -0.2) is 13.6 Å². The number of carbonyl (C=O) groups excluding carboxylic acids is 4. The number of nitrogens with zero attached hydrogens (tertiary/aromatic N) is 3. The molecule has 0 aliphatic carbocycles. The summed E-state index contributed by atoms with van der Waals surface area (Å²) in [6.07, 6.45) is -11.3. The summed E-state index contributed by atoms with van der Waals surface area (Å²) in [5, 5.41) is 37.3. The molecule has 20 nitrogen and oxygen atoms in total. The molecule has 0 bridgehead atoms. The van der Waals surface area contributed by atoms with Gasteiger partial charge in [0, 0.05) is 89.8 Å². The molecule has 0 spiro atoms. The molecule has 5 fully saturated rings. The van der Waals surface area contributed by atoms with Gasteiger partial charge in [-0.15, -0.1) is 0 Å². The van der Waals surface area contributed by atoms with Crippen LogP contribution in [0.5, 0.6) is 0 Å². The van der Waals surface area contributed by atoms with E-state index in [1.54, 1.807) is 91.6 Å². The molecule has 21 atom stereocenters. The lowest BCUT2D eigenvalue weighted by Crippen LogP contribution is -2.62. The Hall–Kier alpha value is -3.68. The molecule has 5 unspecified atom stereocenters. The van der Waals surface area contributed by atoms with Gasteiger partial charge in [0.2, 0.25) is 5.91 Å². The smallest absolute Gasteiger partial charge is 0.411 e. The Morgan fingerprint density at radius 2 is 1.62 bits per heavy atom. The lowest BCUT2D eigenvalue weighted by Gasteiger charge is -2.50. The Balaban J connectivity index is 1.29. The summed E-state index contributed by atoms with van der Waals surface area (Å²) in [6, 6.07) is 3.98. The number of hydrogen-bond donors (Lipinski definition) is 4. The summed E-state index contributed by atoms with van der Waals surface area (Å²) < 4.78 is 85.3. The highest BCUT2D eigenvalue weighted by Gasteiger charge is 2.61. The number of aliphatic hydroxyl groups excluding tert-OH is 3. The van der Waals surface area contributed by atoms with Crippen LogP contribution in [-0.4, -0.2) is 213 Å². The minimum atomic E-state index is -1.48. The highest BCUT2D eigenvalue weighted by atomic mass is 19.1. The number of likely N-dealkylation sites (N-methyl/N-ethyl adjacent to an activating group) is 1. The number of methoxy groups -OCH3 is 3. The zero-order chi connectivity index (χ0) is 58.5. The fourth-order valence-corrected chi connectivity index (χ4v) is 13.0. The topological polar surface area (TPSA) is 234 Å². The van der Waals surface area contributed by atoms with Crippen LogP contribution in [0.2, 0.25) is 0 Å². The van der Waals surface area contributed by atoms with Crippen LogP contribution in [0.25, 0.3) is 0 Å². The number of aliphatic hydroxyl groups is 3. The molecule has 5 saturated heterocycles. The van der Waals surface area contributed by atoms with Crippen LogP contribution in [0.4, 0.5) is 19.3 Å². The van der Waals surface area contributed by atoms with E-state index in [-0.39, 0.29) is 57.7 Å². The fraction of sp³-hybridized carbons (Fsp3) is 0.825. The second-order valence-corrected chi connectivity index (χ2v) is 23.6. The van der Waals surface area contributed by atoms with Gasteiger partial charge in [0.15, 0.2) is 18.2 Å². The normalized spacial score (nSPS) is 39.7. The van der Waals surface area contributed by atoms with Crippen LogP contribution in [0, 0.1) is 23.7 Å². The number of anilines is 1. The third-order valence-corrected chi connectivity index (χ3v) is 17.9.